The molecule has 4 aromatic rings. The van der Waals surface area contributed by atoms with Crippen LogP contribution in [-0.2, 0) is 4.79 Å². The molecule has 0 N–H and O–H groups in total. The van der Waals surface area contributed by atoms with Crippen LogP contribution < -0.4 is 9.47 Å². The molecule has 0 bridgehead atoms. The molecule has 2 aromatic carbocycles. The Kier molecular flexibility index (Phi) is 6.49. The number of carbonyl (C=O) groups is 1. The third-order valence-electron chi connectivity index (χ3n) is 5.54. The van der Waals surface area contributed by atoms with Crippen LogP contribution in [0.3, 0.4) is 0 Å². The molecule has 1 aliphatic heterocycles. The number of hydrogen-bond acceptors (Lipinski definition) is 9. The second-order valence-corrected chi connectivity index (χ2v) is 8.53. The average molecular weight is 491 g/mol. The minimum atomic E-state index is -0.333. The van der Waals surface area contributed by atoms with Crippen molar-refractivity contribution in [3.8, 4) is 17.2 Å². The highest BCUT2D eigenvalue weighted by molar-refractivity contribution is 7.99. The van der Waals surface area contributed by atoms with Crippen LogP contribution in [-0.4, -0.2) is 56.8 Å². The first-order valence-electron chi connectivity index (χ1n) is 10.8. The van der Waals surface area contributed by atoms with Gasteiger partial charge >= 0.3 is 0 Å². The summed E-state index contributed by atoms with van der Waals surface area (Å²) >= 11 is 1.23. The number of nitrogens with zero attached hydrogens (tertiary/aromatic N) is 6. The fourth-order valence-electron chi connectivity index (χ4n) is 3.82. The Morgan fingerprint density at radius 1 is 1.09 bits per heavy atom. The van der Waals surface area contributed by atoms with Gasteiger partial charge in [-0.15, -0.1) is 5.10 Å². The molecule has 0 radical (unpaired) electrons. The van der Waals surface area contributed by atoms with E-state index in [9.17, 15) is 4.79 Å². The number of methoxy groups -OCH3 is 2. The molecule has 1 amide bonds. The predicted molar refractivity (Wildman–Crippen MR) is 129 cm³/mol. The summed E-state index contributed by atoms with van der Waals surface area (Å²) in [5.74, 6) is 1.96. The summed E-state index contributed by atoms with van der Waals surface area (Å²) in [5.41, 5.74) is 2.40. The largest absolute Gasteiger partial charge is 0.497 e. The molecular weight excluding hydrogens is 468 g/mol. The highest BCUT2D eigenvalue weighted by atomic mass is 32.2. The summed E-state index contributed by atoms with van der Waals surface area (Å²) in [4.78, 5) is 13.3. The fraction of sp³-hybridized carbons (Fsp3) is 0.208. The van der Waals surface area contributed by atoms with Gasteiger partial charge in [0.25, 0.3) is 5.91 Å². The number of para-hydroxylation sites is 2. The number of furan rings is 1. The Morgan fingerprint density at radius 2 is 1.91 bits per heavy atom. The number of hydrogen-bond donors (Lipinski definition) is 0. The van der Waals surface area contributed by atoms with E-state index in [1.165, 1.54) is 16.8 Å². The van der Waals surface area contributed by atoms with Crippen molar-refractivity contribution in [2.45, 2.75) is 17.6 Å². The topological polar surface area (TPSA) is 108 Å². The lowest BCUT2D eigenvalue weighted by Crippen LogP contribution is -2.28. The standard InChI is InChI=1S/C24H22N6O4S/c1-32-17-11-9-16(10-12-17)18-14-20(22-8-5-13-34-22)29(26-18)23(31)15-35-24-25-27-28-30(24)19-6-3-4-7-21(19)33-2/h3-13,20H,14-15H2,1-2H3. The van der Waals surface area contributed by atoms with Crippen molar-refractivity contribution >= 4 is 23.4 Å². The molecule has 5 rings (SSSR count). The molecule has 11 heteroatoms. The zero-order valence-corrected chi connectivity index (χ0v) is 19.9. The van der Waals surface area contributed by atoms with Crippen molar-refractivity contribution < 1.29 is 18.7 Å². The third kappa shape index (κ3) is 4.62. The van der Waals surface area contributed by atoms with Gasteiger partial charge in [0, 0.05) is 6.42 Å². The molecule has 1 atom stereocenters. The smallest absolute Gasteiger partial charge is 0.253 e. The molecule has 2 aromatic heterocycles. The number of benzene rings is 2. The van der Waals surface area contributed by atoms with Gasteiger partial charge in [-0.3, -0.25) is 4.79 Å². The van der Waals surface area contributed by atoms with Crippen molar-refractivity contribution in [2.24, 2.45) is 5.10 Å². The van der Waals surface area contributed by atoms with E-state index in [2.05, 4.69) is 20.6 Å². The quantitative estimate of drug-likeness (QED) is 0.344. The average Bonchev–Trinajstić information content (AvgIpc) is 3.68. The van der Waals surface area contributed by atoms with E-state index in [1.54, 1.807) is 31.2 Å². The molecule has 3 heterocycles. The summed E-state index contributed by atoms with van der Waals surface area (Å²) in [6, 6.07) is 18.3. The summed E-state index contributed by atoms with van der Waals surface area (Å²) < 4.78 is 17.8. The maximum Gasteiger partial charge on any atom is 0.253 e. The van der Waals surface area contributed by atoms with E-state index < -0.39 is 0 Å². The molecule has 178 valence electrons. The zero-order chi connectivity index (χ0) is 24.2. The molecule has 1 unspecified atom stereocenters. The lowest BCUT2D eigenvalue weighted by atomic mass is 10.0. The van der Waals surface area contributed by atoms with Crippen LogP contribution in [0.5, 0.6) is 11.5 Å². The zero-order valence-electron chi connectivity index (χ0n) is 19.1. The molecule has 0 aliphatic carbocycles. The molecule has 1 aliphatic rings. The van der Waals surface area contributed by atoms with Crippen LogP contribution in [0.25, 0.3) is 5.69 Å². The molecular formula is C24H22N6O4S. The predicted octanol–water partition coefficient (Wildman–Crippen LogP) is 3.74. The van der Waals surface area contributed by atoms with Gasteiger partial charge in [-0.1, -0.05) is 23.9 Å². The molecule has 0 fully saturated rings. The number of aromatic nitrogens is 4. The normalized spacial score (nSPS) is 15.2. The van der Waals surface area contributed by atoms with E-state index >= 15 is 0 Å². The van der Waals surface area contributed by atoms with Gasteiger partial charge < -0.3 is 13.9 Å². The number of carbonyl (C=O) groups excluding carboxylic acids is 1. The number of hydrazone groups is 1. The monoisotopic (exact) mass is 490 g/mol. The molecule has 10 nitrogen and oxygen atoms in total. The van der Waals surface area contributed by atoms with Crippen LogP contribution in [0.4, 0.5) is 0 Å². The fourth-order valence-corrected chi connectivity index (χ4v) is 4.55. The molecule has 0 saturated carbocycles. The van der Waals surface area contributed by atoms with Gasteiger partial charge in [0.1, 0.15) is 29.0 Å². The van der Waals surface area contributed by atoms with E-state index in [4.69, 9.17) is 13.9 Å². The lowest BCUT2D eigenvalue weighted by Gasteiger charge is -2.19. The minimum Gasteiger partial charge on any atom is -0.497 e. The van der Waals surface area contributed by atoms with Crippen LogP contribution in [0, 0.1) is 0 Å². The SMILES string of the molecule is COc1ccc(C2=NN(C(=O)CSc3nnnn3-c3ccccc3OC)C(c3ccco3)C2)cc1. The van der Waals surface area contributed by atoms with Gasteiger partial charge in [-0.25, -0.2) is 5.01 Å². The maximum absolute atomic E-state index is 13.3. The van der Waals surface area contributed by atoms with Gasteiger partial charge in [-0.05, 0) is 64.5 Å². The maximum atomic E-state index is 13.3. The number of ether oxygens (including phenoxy) is 2. The van der Waals surface area contributed by atoms with Crippen molar-refractivity contribution in [3.05, 3.63) is 78.3 Å². The Hall–Kier alpha value is -4.12. The van der Waals surface area contributed by atoms with Crippen LogP contribution in [0.2, 0.25) is 0 Å². The molecule has 0 saturated heterocycles. The van der Waals surface area contributed by atoms with Gasteiger partial charge in [-0.2, -0.15) is 9.78 Å². The number of thioether (sulfide) groups is 1. The summed E-state index contributed by atoms with van der Waals surface area (Å²) in [6.45, 7) is 0. The van der Waals surface area contributed by atoms with E-state index in [-0.39, 0.29) is 17.7 Å². The second-order valence-electron chi connectivity index (χ2n) is 7.58. The van der Waals surface area contributed by atoms with E-state index in [0.29, 0.717) is 28.8 Å². The van der Waals surface area contributed by atoms with Gasteiger partial charge in [0.15, 0.2) is 0 Å². The highest BCUT2D eigenvalue weighted by Crippen LogP contribution is 2.34. The minimum absolute atomic E-state index is 0.0894. The van der Waals surface area contributed by atoms with Crippen molar-refractivity contribution in [1.82, 2.24) is 25.2 Å². The van der Waals surface area contributed by atoms with E-state index in [1.807, 2.05) is 54.6 Å². The van der Waals surface area contributed by atoms with Crippen molar-refractivity contribution in [2.75, 3.05) is 20.0 Å². The first-order chi connectivity index (χ1) is 17.2. The van der Waals surface area contributed by atoms with Crippen LogP contribution in [0.1, 0.15) is 23.8 Å². The Morgan fingerprint density at radius 3 is 2.66 bits per heavy atom. The summed E-state index contributed by atoms with van der Waals surface area (Å²) in [7, 11) is 3.21. The summed E-state index contributed by atoms with van der Waals surface area (Å²) in [6.07, 6.45) is 2.13. The number of tetrazole rings is 1. The third-order valence-corrected chi connectivity index (χ3v) is 6.44. The molecule has 35 heavy (non-hydrogen) atoms. The molecule has 0 spiro atoms. The highest BCUT2D eigenvalue weighted by Gasteiger charge is 2.35. The van der Waals surface area contributed by atoms with Crippen molar-refractivity contribution in [3.63, 3.8) is 0 Å². The van der Waals surface area contributed by atoms with Crippen LogP contribution >= 0.6 is 11.8 Å². The Bertz CT molecular complexity index is 1340. The van der Waals surface area contributed by atoms with E-state index in [0.717, 1.165) is 17.0 Å². The lowest BCUT2D eigenvalue weighted by molar-refractivity contribution is -0.130. The van der Waals surface area contributed by atoms with Gasteiger partial charge in [0.2, 0.25) is 5.16 Å². The van der Waals surface area contributed by atoms with Crippen molar-refractivity contribution in [1.29, 1.82) is 0 Å². The first kappa shape index (κ1) is 22.7. The Labute approximate surface area is 205 Å². The second kappa shape index (κ2) is 10.0. The number of rotatable bonds is 8. The number of amides is 1. The van der Waals surface area contributed by atoms with Crippen LogP contribution in [0.15, 0.2) is 81.6 Å². The first-order valence-corrected chi connectivity index (χ1v) is 11.8. The Balaban J connectivity index is 1.36. The van der Waals surface area contributed by atoms with Gasteiger partial charge in [0.05, 0.1) is 31.9 Å². The summed E-state index contributed by atoms with van der Waals surface area (Å²) in [5, 5.41) is 18.6.